The van der Waals surface area contributed by atoms with E-state index in [1.165, 1.54) is 21.9 Å². The van der Waals surface area contributed by atoms with Gasteiger partial charge in [0.2, 0.25) is 0 Å². The van der Waals surface area contributed by atoms with Crippen LogP contribution in [0.2, 0.25) is 0 Å². The van der Waals surface area contributed by atoms with Gasteiger partial charge in [-0.15, -0.1) is 0 Å². The number of benzene rings is 1. The number of nitrogens with two attached hydrogens (primary N) is 1. The Bertz CT molecular complexity index is 603. The number of hydrogen-bond acceptors (Lipinski definition) is 6. The number of carbonyl (C=O) groups excluding carboxylic acids is 2. The molecule has 9 nitrogen and oxygen atoms in total. The fraction of sp³-hybridized carbons (Fsp3) is 0.333. The highest BCUT2D eigenvalue weighted by molar-refractivity contribution is 6.35. The van der Waals surface area contributed by atoms with Gasteiger partial charge in [0.15, 0.2) is 0 Å². The Kier molecular flexibility index (Phi) is 4.03. The summed E-state index contributed by atoms with van der Waals surface area (Å²) < 4.78 is 0. The van der Waals surface area contributed by atoms with Crippen LogP contribution in [0.25, 0.3) is 0 Å². The van der Waals surface area contributed by atoms with Gasteiger partial charge in [0.25, 0.3) is 5.69 Å². The van der Waals surface area contributed by atoms with E-state index in [0.29, 0.717) is 18.7 Å². The Hall–Kier alpha value is -2.68. The quantitative estimate of drug-likeness (QED) is 0.339. The zero-order chi connectivity index (χ0) is 15.6. The Labute approximate surface area is 120 Å². The van der Waals surface area contributed by atoms with Crippen molar-refractivity contribution in [1.82, 2.24) is 9.80 Å². The highest BCUT2D eigenvalue weighted by atomic mass is 16.6. The van der Waals surface area contributed by atoms with Crippen LogP contribution in [0.5, 0.6) is 0 Å². The first-order chi connectivity index (χ1) is 9.95. The van der Waals surface area contributed by atoms with Gasteiger partial charge in [-0.2, -0.15) is 0 Å². The van der Waals surface area contributed by atoms with Crippen LogP contribution in [0.4, 0.5) is 11.4 Å². The molecule has 0 bridgehead atoms. The number of nitro benzene ring substituents is 1. The smallest absolute Gasteiger partial charge is 0.312 e. The maximum absolute atomic E-state index is 11.9. The molecule has 1 fully saturated rings. The molecule has 1 saturated heterocycles. The molecule has 1 aliphatic rings. The van der Waals surface area contributed by atoms with Gasteiger partial charge in [0, 0.05) is 38.3 Å². The van der Waals surface area contributed by atoms with E-state index >= 15 is 0 Å². The molecule has 0 spiro atoms. The minimum absolute atomic E-state index is 0.0830. The summed E-state index contributed by atoms with van der Waals surface area (Å²) in [6, 6.07) is 4.45. The van der Waals surface area contributed by atoms with Crippen LogP contribution >= 0.6 is 0 Å². The second-order valence-corrected chi connectivity index (χ2v) is 4.67. The molecular weight excluding hydrogens is 278 g/mol. The minimum Gasteiger partial charge on any atom is -0.336 e. The van der Waals surface area contributed by atoms with Gasteiger partial charge in [-0.25, -0.2) is 0 Å². The molecular formula is C12H15N5O4. The summed E-state index contributed by atoms with van der Waals surface area (Å²) >= 11 is 0. The molecule has 0 saturated carbocycles. The summed E-state index contributed by atoms with van der Waals surface area (Å²) in [6.45, 7) is 0.873. The number of nitro groups is 1. The Morgan fingerprint density at radius 1 is 1.33 bits per heavy atom. The van der Waals surface area contributed by atoms with Crippen molar-refractivity contribution < 1.29 is 14.5 Å². The number of carbonyl (C=O) groups is 2. The first kappa shape index (κ1) is 14.7. The third kappa shape index (κ3) is 2.77. The van der Waals surface area contributed by atoms with E-state index in [0.717, 1.165) is 0 Å². The predicted octanol–water partition coefficient (Wildman–Crippen LogP) is -0.319. The van der Waals surface area contributed by atoms with Crippen LogP contribution in [-0.4, -0.2) is 46.7 Å². The number of nitrogen functional groups attached to an aromatic ring is 1. The number of hydrazine groups is 1. The first-order valence-corrected chi connectivity index (χ1v) is 6.23. The fourth-order valence-corrected chi connectivity index (χ4v) is 2.17. The molecule has 0 aliphatic carbocycles. The van der Waals surface area contributed by atoms with E-state index in [9.17, 15) is 19.7 Å². The van der Waals surface area contributed by atoms with Crippen LogP contribution in [-0.2, 0) is 16.1 Å². The van der Waals surface area contributed by atoms with Crippen molar-refractivity contribution in [3.05, 3.63) is 33.9 Å². The Balaban J connectivity index is 2.28. The first-order valence-electron chi connectivity index (χ1n) is 6.23. The highest BCUT2D eigenvalue weighted by Gasteiger charge is 2.31. The standard InChI is InChI=1S/C12H15N5O4/c1-15-5-6-16(12(19)11(15)18)7-8-3-2-4-9(17(20)21)10(8)14-13/h2-4,14H,5-7,13H2,1H3. The Morgan fingerprint density at radius 3 is 2.67 bits per heavy atom. The number of hydrogen-bond donors (Lipinski definition) is 2. The normalized spacial score (nSPS) is 15.3. The van der Waals surface area contributed by atoms with Crippen LogP contribution < -0.4 is 11.3 Å². The number of amides is 2. The van der Waals surface area contributed by atoms with Crippen LogP contribution in [0.15, 0.2) is 18.2 Å². The molecule has 21 heavy (non-hydrogen) atoms. The van der Waals surface area contributed by atoms with Crippen LogP contribution in [0, 0.1) is 10.1 Å². The van der Waals surface area contributed by atoms with Crippen molar-refractivity contribution in [1.29, 1.82) is 0 Å². The van der Waals surface area contributed by atoms with E-state index < -0.39 is 16.7 Å². The molecule has 0 radical (unpaired) electrons. The summed E-state index contributed by atoms with van der Waals surface area (Å²) in [7, 11) is 1.55. The molecule has 1 heterocycles. The molecule has 112 valence electrons. The largest absolute Gasteiger partial charge is 0.336 e. The summed E-state index contributed by atoms with van der Waals surface area (Å²) in [5, 5.41) is 11.0. The maximum Gasteiger partial charge on any atom is 0.312 e. The topological polar surface area (TPSA) is 122 Å². The number of para-hydroxylation sites is 1. The third-order valence-corrected chi connectivity index (χ3v) is 3.35. The number of rotatable bonds is 4. The maximum atomic E-state index is 11.9. The summed E-state index contributed by atoms with van der Waals surface area (Å²) in [6.07, 6.45) is 0. The molecule has 1 aliphatic heterocycles. The monoisotopic (exact) mass is 293 g/mol. The van der Waals surface area contributed by atoms with Gasteiger partial charge >= 0.3 is 11.8 Å². The molecule has 0 aromatic heterocycles. The number of nitrogens with zero attached hydrogens (tertiary/aromatic N) is 3. The average molecular weight is 293 g/mol. The lowest BCUT2D eigenvalue weighted by Crippen LogP contribution is -2.52. The van der Waals surface area contributed by atoms with Crippen molar-refractivity contribution in [2.45, 2.75) is 6.54 Å². The van der Waals surface area contributed by atoms with Gasteiger partial charge in [-0.1, -0.05) is 12.1 Å². The van der Waals surface area contributed by atoms with Crippen molar-refractivity contribution in [3.63, 3.8) is 0 Å². The highest BCUT2D eigenvalue weighted by Crippen LogP contribution is 2.28. The molecule has 1 aromatic carbocycles. The zero-order valence-corrected chi connectivity index (χ0v) is 11.4. The Morgan fingerprint density at radius 2 is 2.05 bits per heavy atom. The van der Waals surface area contributed by atoms with Gasteiger partial charge in [0.1, 0.15) is 5.69 Å². The number of anilines is 1. The van der Waals surface area contributed by atoms with Gasteiger partial charge in [-0.3, -0.25) is 25.5 Å². The van der Waals surface area contributed by atoms with E-state index in [-0.39, 0.29) is 17.9 Å². The lowest BCUT2D eigenvalue weighted by Gasteiger charge is -2.31. The third-order valence-electron chi connectivity index (χ3n) is 3.35. The van der Waals surface area contributed by atoms with E-state index in [1.807, 2.05) is 0 Å². The van der Waals surface area contributed by atoms with Crippen molar-refractivity contribution in [2.75, 3.05) is 25.6 Å². The summed E-state index contributed by atoms with van der Waals surface area (Å²) in [4.78, 5) is 36.6. The number of nitrogens with one attached hydrogen (secondary N) is 1. The summed E-state index contributed by atoms with van der Waals surface area (Å²) in [5.41, 5.74) is 2.74. The van der Waals surface area contributed by atoms with Gasteiger partial charge in [0.05, 0.1) is 4.92 Å². The minimum atomic E-state index is -0.627. The number of piperazine rings is 1. The number of likely N-dealkylation sites (N-methyl/N-ethyl adjacent to an activating group) is 1. The SMILES string of the molecule is CN1CCN(Cc2cccc([N+](=O)[O-])c2NN)C(=O)C1=O. The van der Waals surface area contributed by atoms with Gasteiger partial charge < -0.3 is 15.2 Å². The molecule has 0 atom stereocenters. The van der Waals surface area contributed by atoms with Gasteiger partial charge in [-0.05, 0) is 0 Å². The van der Waals surface area contributed by atoms with Crippen molar-refractivity contribution >= 4 is 23.2 Å². The average Bonchev–Trinajstić information content (AvgIpc) is 2.47. The molecule has 1 aromatic rings. The lowest BCUT2D eigenvalue weighted by molar-refractivity contribution is -0.384. The van der Waals surface area contributed by atoms with E-state index in [2.05, 4.69) is 5.43 Å². The molecule has 0 unspecified atom stereocenters. The molecule has 2 amide bonds. The van der Waals surface area contributed by atoms with Crippen LogP contribution in [0.3, 0.4) is 0 Å². The van der Waals surface area contributed by atoms with Crippen LogP contribution in [0.1, 0.15) is 5.56 Å². The molecule has 3 N–H and O–H groups in total. The molecule has 9 heteroatoms. The van der Waals surface area contributed by atoms with E-state index in [4.69, 9.17) is 5.84 Å². The lowest BCUT2D eigenvalue weighted by atomic mass is 10.1. The second-order valence-electron chi connectivity index (χ2n) is 4.67. The second kappa shape index (κ2) is 5.75. The molecule has 2 rings (SSSR count). The van der Waals surface area contributed by atoms with Crippen molar-refractivity contribution in [3.8, 4) is 0 Å². The van der Waals surface area contributed by atoms with E-state index in [1.54, 1.807) is 13.1 Å². The predicted molar refractivity (Wildman–Crippen MR) is 74.0 cm³/mol. The van der Waals surface area contributed by atoms with Crippen molar-refractivity contribution in [2.24, 2.45) is 5.84 Å². The fourth-order valence-electron chi connectivity index (χ4n) is 2.17. The summed E-state index contributed by atoms with van der Waals surface area (Å²) in [5.74, 6) is 4.13. The zero-order valence-electron chi connectivity index (χ0n) is 11.4.